The summed E-state index contributed by atoms with van der Waals surface area (Å²) in [5, 5.41) is 2.42. The van der Waals surface area contributed by atoms with Crippen LogP contribution in [-0.4, -0.2) is 42.2 Å². The lowest BCUT2D eigenvalue weighted by Gasteiger charge is -2.32. The maximum absolute atomic E-state index is 13.5. The molecule has 1 aliphatic heterocycles. The molecule has 1 aliphatic rings. The number of oxazole rings is 1. The predicted molar refractivity (Wildman–Crippen MR) is 111 cm³/mol. The topological polar surface area (TPSA) is 80.5 Å². The van der Waals surface area contributed by atoms with Crippen molar-refractivity contribution in [1.29, 1.82) is 0 Å². The van der Waals surface area contributed by atoms with E-state index in [9.17, 15) is 18.0 Å². The van der Waals surface area contributed by atoms with Gasteiger partial charge in [-0.15, -0.1) is 0 Å². The highest BCUT2D eigenvalue weighted by Crippen LogP contribution is 2.35. The van der Waals surface area contributed by atoms with Gasteiger partial charge in [0.15, 0.2) is 5.69 Å². The summed E-state index contributed by atoms with van der Waals surface area (Å²) in [4.78, 5) is 22.8. The molecular formula is C22H21F3N4O3. The molecule has 0 saturated carbocycles. The molecule has 4 rings (SSSR count). The van der Waals surface area contributed by atoms with Crippen molar-refractivity contribution in [2.24, 2.45) is 0 Å². The Morgan fingerprint density at radius 3 is 2.66 bits per heavy atom. The quantitative estimate of drug-likeness (QED) is 0.616. The third-order valence-electron chi connectivity index (χ3n) is 5.16. The highest BCUT2D eigenvalue weighted by atomic mass is 19.4. The molecule has 0 spiro atoms. The number of ether oxygens (including phenoxy) is 1. The van der Waals surface area contributed by atoms with E-state index in [0.717, 1.165) is 19.4 Å². The standard InChI is InChI=1S/C22H21F3N4O3/c1-31-16-8-5-11-29(13-16)17-10-9-15(12-26-17)27-20(30)18-19(22(23,24)25)32-21(28-18)14-6-3-2-4-7-14/h2-4,6-7,9-10,12,16H,5,8,11,13H2,1H3,(H,27,30). The molecule has 3 heterocycles. The van der Waals surface area contributed by atoms with Crippen molar-refractivity contribution in [3.05, 3.63) is 60.1 Å². The Morgan fingerprint density at radius 1 is 1.22 bits per heavy atom. The molecule has 0 bridgehead atoms. The number of hydrogen-bond donors (Lipinski definition) is 1. The molecule has 0 aliphatic carbocycles. The Morgan fingerprint density at radius 2 is 2.00 bits per heavy atom. The SMILES string of the molecule is COC1CCCN(c2ccc(NC(=O)c3nc(-c4ccccc4)oc3C(F)(F)F)cn2)C1. The molecular weight excluding hydrogens is 425 g/mol. The number of pyridine rings is 1. The lowest BCUT2D eigenvalue weighted by atomic mass is 10.1. The van der Waals surface area contributed by atoms with E-state index in [1.807, 2.05) is 0 Å². The fourth-order valence-corrected chi connectivity index (χ4v) is 3.55. The number of carbonyl (C=O) groups excluding carboxylic acids is 1. The molecule has 1 saturated heterocycles. The van der Waals surface area contributed by atoms with Crippen molar-refractivity contribution in [3.8, 4) is 11.5 Å². The van der Waals surface area contributed by atoms with E-state index >= 15 is 0 Å². The van der Waals surface area contributed by atoms with Gasteiger partial charge in [-0.1, -0.05) is 18.2 Å². The predicted octanol–water partition coefficient (Wildman–Crippen LogP) is 4.62. The zero-order valence-electron chi connectivity index (χ0n) is 17.2. The number of nitrogens with zero attached hydrogens (tertiary/aromatic N) is 3. The minimum absolute atomic E-state index is 0.122. The van der Waals surface area contributed by atoms with Gasteiger partial charge in [0.1, 0.15) is 5.82 Å². The summed E-state index contributed by atoms with van der Waals surface area (Å²) >= 11 is 0. The van der Waals surface area contributed by atoms with Crippen molar-refractivity contribution in [3.63, 3.8) is 0 Å². The van der Waals surface area contributed by atoms with E-state index in [-0.39, 0.29) is 17.7 Å². The Kier molecular flexibility index (Phi) is 6.13. The summed E-state index contributed by atoms with van der Waals surface area (Å²) < 4.78 is 50.7. The summed E-state index contributed by atoms with van der Waals surface area (Å²) in [5.41, 5.74) is -0.255. The Labute approximate surface area is 182 Å². The fraction of sp³-hybridized carbons (Fsp3) is 0.318. The third kappa shape index (κ3) is 4.75. The van der Waals surface area contributed by atoms with Gasteiger partial charge < -0.3 is 19.4 Å². The molecule has 1 fully saturated rings. The van der Waals surface area contributed by atoms with Crippen molar-refractivity contribution in [2.45, 2.75) is 25.1 Å². The molecule has 1 N–H and O–H groups in total. The number of nitrogens with one attached hydrogen (secondary N) is 1. The first-order valence-electron chi connectivity index (χ1n) is 10.0. The number of aromatic nitrogens is 2. The van der Waals surface area contributed by atoms with Crippen molar-refractivity contribution < 1.29 is 27.1 Å². The van der Waals surface area contributed by atoms with Crippen LogP contribution < -0.4 is 10.2 Å². The minimum Gasteiger partial charge on any atom is -0.431 e. The lowest BCUT2D eigenvalue weighted by molar-refractivity contribution is -0.153. The van der Waals surface area contributed by atoms with Crippen LogP contribution in [-0.2, 0) is 10.9 Å². The van der Waals surface area contributed by atoms with E-state index in [4.69, 9.17) is 9.15 Å². The maximum Gasteiger partial charge on any atom is 0.452 e. The maximum atomic E-state index is 13.5. The molecule has 1 aromatic carbocycles. The average Bonchev–Trinajstić information content (AvgIpc) is 3.27. The van der Waals surface area contributed by atoms with Gasteiger partial charge in [0.25, 0.3) is 5.91 Å². The van der Waals surface area contributed by atoms with E-state index in [2.05, 4.69) is 20.2 Å². The lowest BCUT2D eigenvalue weighted by Crippen LogP contribution is -2.39. The second-order valence-electron chi connectivity index (χ2n) is 7.37. The molecule has 1 unspecified atom stereocenters. The number of benzene rings is 1. The van der Waals surface area contributed by atoms with Gasteiger partial charge in [0.05, 0.1) is 18.0 Å². The number of methoxy groups -OCH3 is 1. The largest absolute Gasteiger partial charge is 0.452 e. The monoisotopic (exact) mass is 446 g/mol. The summed E-state index contributed by atoms with van der Waals surface area (Å²) in [5.74, 6) is -2.06. The van der Waals surface area contributed by atoms with Crippen molar-refractivity contribution >= 4 is 17.4 Å². The van der Waals surface area contributed by atoms with Crippen LogP contribution in [0.5, 0.6) is 0 Å². The Bertz CT molecular complexity index is 1070. The van der Waals surface area contributed by atoms with Gasteiger partial charge in [-0.3, -0.25) is 4.79 Å². The Balaban J connectivity index is 1.53. The van der Waals surface area contributed by atoms with Gasteiger partial charge >= 0.3 is 6.18 Å². The van der Waals surface area contributed by atoms with Crippen LogP contribution >= 0.6 is 0 Å². The third-order valence-corrected chi connectivity index (χ3v) is 5.16. The summed E-state index contributed by atoms with van der Waals surface area (Å²) in [6.07, 6.45) is -1.41. The molecule has 168 valence electrons. The number of piperidine rings is 1. The first-order valence-corrected chi connectivity index (χ1v) is 10.0. The average molecular weight is 446 g/mol. The van der Waals surface area contributed by atoms with Gasteiger partial charge in [-0.2, -0.15) is 13.2 Å². The van der Waals surface area contributed by atoms with Gasteiger partial charge in [0, 0.05) is 25.8 Å². The molecule has 7 nitrogen and oxygen atoms in total. The van der Waals surface area contributed by atoms with Crippen molar-refractivity contribution in [1.82, 2.24) is 9.97 Å². The zero-order valence-corrected chi connectivity index (χ0v) is 17.2. The number of rotatable bonds is 5. The summed E-state index contributed by atoms with van der Waals surface area (Å²) in [6.45, 7) is 1.53. The van der Waals surface area contributed by atoms with Gasteiger partial charge in [-0.25, -0.2) is 9.97 Å². The van der Waals surface area contributed by atoms with Gasteiger partial charge in [-0.05, 0) is 37.1 Å². The number of halogens is 3. The van der Waals surface area contributed by atoms with Crippen LogP contribution in [0, 0.1) is 0 Å². The smallest absolute Gasteiger partial charge is 0.431 e. The van der Waals surface area contributed by atoms with Crippen LogP contribution in [0.2, 0.25) is 0 Å². The zero-order chi connectivity index (χ0) is 22.7. The highest BCUT2D eigenvalue weighted by molar-refractivity contribution is 6.04. The number of amides is 1. The van der Waals surface area contributed by atoms with E-state index < -0.39 is 23.5 Å². The molecule has 2 aromatic heterocycles. The first kappa shape index (κ1) is 21.8. The summed E-state index contributed by atoms with van der Waals surface area (Å²) in [7, 11) is 1.67. The van der Waals surface area contributed by atoms with E-state index in [1.54, 1.807) is 49.6 Å². The summed E-state index contributed by atoms with van der Waals surface area (Å²) in [6, 6.07) is 11.4. The number of carbonyl (C=O) groups is 1. The number of anilines is 2. The first-order chi connectivity index (χ1) is 15.3. The highest BCUT2D eigenvalue weighted by Gasteiger charge is 2.42. The van der Waals surface area contributed by atoms with Crippen LogP contribution in [0.1, 0.15) is 29.1 Å². The second-order valence-corrected chi connectivity index (χ2v) is 7.37. The molecule has 1 atom stereocenters. The molecule has 32 heavy (non-hydrogen) atoms. The van der Waals surface area contributed by atoms with Crippen LogP contribution in [0.4, 0.5) is 24.7 Å². The van der Waals surface area contributed by atoms with E-state index in [1.165, 1.54) is 6.20 Å². The van der Waals surface area contributed by atoms with Crippen molar-refractivity contribution in [2.75, 3.05) is 30.4 Å². The van der Waals surface area contributed by atoms with Gasteiger partial charge in [0.2, 0.25) is 11.7 Å². The molecule has 3 aromatic rings. The molecule has 10 heteroatoms. The molecule has 0 radical (unpaired) electrons. The molecule has 1 amide bonds. The second kappa shape index (κ2) is 8.99. The van der Waals surface area contributed by atoms with Crippen LogP contribution in [0.3, 0.4) is 0 Å². The fourth-order valence-electron chi connectivity index (χ4n) is 3.55. The van der Waals surface area contributed by atoms with Crippen LogP contribution in [0.25, 0.3) is 11.5 Å². The minimum atomic E-state index is -4.87. The number of alkyl halides is 3. The number of hydrogen-bond acceptors (Lipinski definition) is 6. The normalized spacial score (nSPS) is 16.8. The Hall–Kier alpha value is -3.40. The van der Waals surface area contributed by atoms with E-state index in [0.29, 0.717) is 17.9 Å². The van der Waals surface area contributed by atoms with Crippen LogP contribution in [0.15, 0.2) is 53.1 Å².